The molecule has 6 nitrogen and oxygen atoms in total. The molecule has 0 aliphatic carbocycles. The predicted molar refractivity (Wildman–Crippen MR) is 88.1 cm³/mol. The van der Waals surface area contributed by atoms with Gasteiger partial charge in [0, 0.05) is 25.7 Å². The number of hydrogen-bond donors (Lipinski definition) is 1. The average Bonchev–Trinajstić information content (AvgIpc) is 2.96. The van der Waals surface area contributed by atoms with Crippen molar-refractivity contribution >= 4 is 16.9 Å². The van der Waals surface area contributed by atoms with Gasteiger partial charge in [0.1, 0.15) is 17.8 Å². The lowest BCUT2D eigenvalue weighted by molar-refractivity contribution is 0.0787. The quantitative estimate of drug-likeness (QED) is 0.785. The lowest BCUT2D eigenvalue weighted by Crippen LogP contribution is -2.29. The van der Waals surface area contributed by atoms with E-state index in [4.69, 9.17) is 0 Å². The third-order valence-electron chi connectivity index (χ3n) is 3.72. The molecular formula is C17H19N5O. The molecule has 3 aromatic rings. The van der Waals surface area contributed by atoms with Gasteiger partial charge >= 0.3 is 0 Å². The number of imidazole rings is 1. The van der Waals surface area contributed by atoms with Crippen molar-refractivity contribution in [3.05, 3.63) is 53.9 Å². The molecule has 0 aliphatic rings. The number of aromatic amines is 1. The molecule has 6 heteroatoms. The third kappa shape index (κ3) is 3.53. The second kappa shape index (κ2) is 6.56. The molecule has 1 aromatic carbocycles. The first-order valence-electron chi connectivity index (χ1n) is 7.61. The number of amides is 1. The highest BCUT2D eigenvalue weighted by Crippen LogP contribution is 2.11. The molecule has 23 heavy (non-hydrogen) atoms. The van der Waals surface area contributed by atoms with Crippen molar-refractivity contribution in [2.24, 2.45) is 0 Å². The number of fused-ring (bicyclic) bond motifs is 1. The molecule has 2 heterocycles. The summed E-state index contributed by atoms with van der Waals surface area (Å²) in [6.07, 6.45) is 3.06. The number of rotatable bonds is 5. The van der Waals surface area contributed by atoms with Crippen LogP contribution < -0.4 is 0 Å². The van der Waals surface area contributed by atoms with E-state index in [1.54, 1.807) is 18.0 Å². The zero-order valence-corrected chi connectivity index (χ0v) is 13.3. The predicted octanol–water partition coefficient (Wildman–Crippen LogP) is 2.37. The maximum Gasteiger partial charge on any atom is 0.272 e. The normalized spacial score (nSPS) is 10.9. The first-order chi connectivity index (χ1) is 11.1. The van der Waals surface area contributed by atoms with Gasteiger partial charge < -0.3 is 9.88 Å². The first-order valence-corrected chi connectivity index (χ1v) is 7.61. The Bertz CT molecular complexity index is 793. The molecule has 0 spiro atoms. The van der Waals surface area contributed by atoms with Crippen molar-refractivity contribution in [3.8, 4) is 0 Å². The highest BCUT2D eigenvalue weighted by atomic mass is 16.2. The number of carbonyl (C=O) groups is 1. The molecule has 1 N–H and O–H groups in total. The number of hydrogen-bond acceptors (Lipinski definition) is 4. The zero-order chi connectivity index (χ0) is 16.2. The van der Waals surface area contributed by atoms with Crippen LogP contribution in [0.3, 0.4) is 0 Å². The van der Waals surface area contributed by atoms with Crippen LogP contribution in [0.15, 0.2) is 36.7 Å². The Morgan fingerprint density at radius 3 is 2.87 bits per heavy atom. The number of benzene rings is 1. The number of nitrogens with one attached hydrogen (secondary N) is 1. The number of para-hydroxylation sites is 2. The van der Waals surface area contributed by atoms with Crippen LogP contribution >= 0.6 is 0 Å². The molecule has 1 amide bonds. The Kier molecular flexibility index (Phi) is 4.32. The minimum atomic E-state index is -0.0832. The first kappa shape index (κ1) is 15.1. The van der Waals surface area contributed by atoms with E-state index in [9.17, 15) is 4.79 Å². The summed E-state index contributed by atoms with van der Waals surface area (Å²) in [5.41, 5.74) is 3.24. The van der Waals surface area contributed by atoms with E-state index in [0.717, 1.165) is 35.4 Å². The molecule has 0 bridgehead atoms. The van der Waals surface area contributed by atoms with Crippen molar-refractivity contribution < 1.29 is 4.79 Å². The molecule has 0 radical (unpaired) electrons. The van der Waals surface area contributed by atoms with Crippen LogP contribution in [-0.4, -0.2) is 44.3 Å². The Labute approximate surface area is 134 Å². The van der Waals surface area contributed by atoms with Crippen LogP contribution in [0, 0.1) is 6.92 Å². The molecule has 0 aliphatic heterocycles. The Morgan fingerprint density at radius 1 is 1.26 bits per heavy atom. The monoisotopic (exact) mass is 309 g/mol. The number of carbonyl (C=O) groups excluding carboxylic acids is 1. The van der Waals surface area contributed by atoms with Gasteiger partial charge in [0.05, 0.1) is 11.0 Å². The summed E-state index contributed by atoms with van der Waals surface area (Å²) >= 11 is 0. The van der Waals surface area contributed by atoms with Crippen LogP contribution in [0.1, 0.15) is 28.4 Å². The van der Waals surface area contributed by atoms with E-state index in [1.165, 1.54) is 6.33 Å². The van der Waals surface area contributed by atoms with Crippen molar-refractivity contribution in [1.29, 1.82) is 0 Å². The number of nitrogens with zero attached hydrogens (tertiary/aromatic N) is 4. The largest absolute Gasteiger partial charge is 0.342 e. The van der Waals surface area contributed by atoms with Gasteiger partial charge in [-0.05, 0) is 31.5 Å². The highest BCUT2D eigenvalue weighted by molar-refractivity contribution is 5.92. The zero-order valence-electron chi connectivity index (χ0n) is 13.3. The summed E-state index contributed by atoms with van der Waals surface area (Å²) in [6, 6.07) is 9.67. The van der Waals surface area contributed by atoms with Gasteiger partial charge in [-0.15, -0.1) is 0 Å². The SMILES string of the molecule is Cc1cc(C(=O)N(C)CCCc2nc3ccccc3[nH]2)ncn1. The molecule has 0 saturated carbocycles. The number of H-pyrrole nitrogens is 1. The molecule has 3 rings (SSSR count). The van der Waals surface area contributed by atoms with Crippen LogP contribution in [0.4, 0.5) is 0 Å². The molecule has 0 saturated heterocycles. The van der Waals surface area contributed by atoms with E-state index >= 15 is 0 Å². The smallest absolute Gasteiger partial charge is 0.272 e. The Hall–Kier alpha value is -2.76. The summed E-state index contributed by atoms with van der Waals surface area (Å²) in [7, 11) is 1.79. The minimum absolute atomic E-state index is 0.0832. The maximum atomic E-state index is 12.3. The topological polar surface area (TPSA) is 74.8 Å². The van der Waals surface area contributed by atoms with E-state index < -0.39 is 0 Å². The van der Waals surface area contributed by atoms with Crippen LogP contribution in [0.25, 0.3) is 11.0 Å². The van der Waals surface area contributed by atoms with E-state index in [0.29, 0.717) is 12.2 Å². The maximum absolute atomic E-state index is 12.3. The van der Waals surface area contributed by atoms with E-state index in [-0.39, 0.29) is 5.91 Å². The van der Waals surface area contributed by atoms with Gasteiger partial charge in [0.2, 0.25) is 0 Å². The van der Waals surface area contributed by atoms with Crippen molar-refractivity contribution in [2.45, 2.75) is 19.8 Å². The van der Waals surface area contributed by atoms with Crippen LogP contribution in [-0.2, 0) is 6.42 Å². The Morgan fingerprint density at radius 2 is 2.09 bits per heavy atom. The third-order valence-corrected chi connectivity index (χ3v) is 3.72. The Balaban J connectivity index is 1.56. The molecule has 118 valence electrons. The fraction of sp³-hybridized carbons (Fsp3) is 0.294. The van der Waals surface area contributed by atoms with Crippen LogP contribution in [0.5, 0.6) is 0 Å². The molecule has 2 aromatic heterocycles. The van der Waals surface area contributed by atoms with E-state index in [2.05, 4.69) is 19.9 Å². The van der Waals surface area contributed by atoms with Crippen molar-refractivity contribution in [1.82, 2.24) is 24.8 Å². The van der Waals surface area contributed by atoms with Gasteiger partial charge in [-0.3, -0.25) is 4.79 Å². The number of aryl methyl sites for hydroxylation is 2. The van der Waals surface area contributed by atoms with Crippen molar-refractivity contribution in [3.63, 3.8) is 0 Å². The van der Waals surface area contributed by atoms with Gasteiger partial charge in [-0.1, -0.05) is 12.1 Å². The summed E-state index contributed by atoms with van der Waals surface area (Å²) in [6.45, 7) is 2.50. The number of aromatic nitrogens is 4. The van der Waals surface area contributed by atoms with Gasteiger partial charge in [0.25, 0.3) is 5.91 Å². The molecular weight excluding hydrogens is 290 g/mol. The lowest BCUT2D eigenvalue weighted by atomic mass is 10.2. The summed E-state index contributed by atoms with van der Waals surface area (Å²) in [5, 5.41) is 0. The van der Waals surface area contributed by atoms with Gasteiger partial charge in [-0.25, -0.2) is 15.0 Å². The minimum Gasteiger partial charge on any atom is -0.342 e. The summed E-state index contributed by atoms with van der Waals surface area (Å²) < 4.78 is 0. The fourth-order valence-electron chi connectivity index (χ4n) is 2.48. The molecule has 0 atom stereocenters. The van der Waals surface area contributed by atoms with Crippen molar-refractivity contribution in [2.75, 3.05) is 13.6 Å². The molecule has 0 fully saturated rings. The van der Waals surface area contributed by atoms with Gasteiger partial charge in [0.15, 0.2) is 0 Å². The van der Waals surface area contributed by atoms with Gasteiger partial charge in [-0.2, -0.15) is 0 Å². The average molecular weight is 309 g/mol. The second-order valence-corrected chi connectivity index (χ2v) is 5.58. The lowest BCUT2D eigenvalue weighted by Gasteiger charge is -2.16. The van der Waals surface area contributed by atoms with Crippen LogP contribution in [0.2, 0.25) is 0 Å². The summed E-state index contributed by atoms with van der Waals surface area (Å²) in [5.74, 6) is 0.866. The molecule has 0 unspecified atom stereocenters. The van der Waals surface area contributed by atoms with E-state index in [1.807, 2.05) is 31.2 Å². The second-order valence-electron chi connectivity index (χ2n) is 5.58. The summed E-state index contributed by atoms with van der Waals surface area (Å²) in [4.78, 5) is 29.9. The fourth-order valence-corrected chi connectivity index (χ4v) is 2.48. The highest BCUT2D eigenvalue weighted by Gasteiger charge is 2.13. The standard InChI is InChI=1S/C17H19N5O/c1-12-10-15(19-11-18-12)17(23)22(2)9-5-8-16-20-13-6-3-4-7-14(13)21-16/h3-4,6-7,10-11H,5,8-9H2,1-2H3,(H,20,21).